The molecule has 0 radical (unpaired) electrons. The second-order valence-electron chi connectivity index (χ2n) is 26.2. The highest BCUT2D eigenvalue weighted by molar-refractivity contribution is 5.71. The van der Waals surface area contributed by atoms with Gasteiger partial charge in [-0.05, 0) is 128 Å². The predicted octanol–water partition coefficient (Wildman–Crippen LogP) is 24.6. The third-order valence-corrected chi connectivity index (χ3v) is 16.0. The van der Waals surface area contributed by atoms with E-state index in [4.69, 9.17) is 18.9 Å². The first-order valence-electron chi connectivity index (χ1n) is 38.3. The molecule has 0 saturated heterocycles. The predicted molar refractivity (Wildman–Crippen MR) is 410 cm³/mol. The number of carboxylic acid groups (broad SMARTS) is 1. The zero-order chi connectivity index (χ0) is 69.0. The number of ether oxygens (including phenoxy) is 4. The molecule has 9 nitrogen and oxygen atoms in total. The number of carbonyl (C=O) groups is 3. The Morgan fingerprint density at radius 3 is 0.842 bits per heavy atom. The summed E-state index contributed by atoms with van der Waals surface area (Å²) in [6.45, 7) is 4.65. The first-order valence-corrected chi connectivity index (χ1v) is 38.3. The molecule has 0 fully saturated rings. The van der Waals surface area contributed by atoms with Gasteiger partial charge in [0.15, 0.2) is 6.10 Å². The van der Waals surface area contributed by atoms with Crippen molar-refractivity contribution in [1.29, 1.82) is 0 Å². The maximum atomic E-state index is 13.0. The van der Waals surface area contributed by atoms with Gasteiger partial charge in [-0.3, -0.25) is 9.59 Å². The number of quaternary nitrogens is 1. The van der Waals surface area contributed by atoms with Crippen LogP contribution in [0.4, 0.5) is 0 Å². The highest BCUT2D eigenvalue weighted by Crippen LogP contribution is 2.17. The number of nitrogens with zero attached hydrogens (tertiary/aromatic N) is 1. The van der Waals surface area contributed by atoms with E-state index < -0.39 is 24.3 Å². The van der Waals surface area contributed by atoms with E-state index in [1.165, 1.54) is 128 Å². The maximum Gasteiger partial charge on any atom is 0.361 e. The normalized spacial score (nSPS) is 13.7. The lowest BCUT2D eigenvalue weighted by Crippen LogP contribution is -2.40. The van der Waals surface area contributed by atoms with Gasteiger partial charge in [-0.2, -0.15) is 0 Å². The number of carboxylic acids is 1. The molecule has 95 heavy (non-hydrogen) atoms. The Labute approximate surface area is 584 Å². The van der Waals surface area contributed by atoms with E-state index in [2.05, 4.69) is 184 Å². The van der Waals surface area contributed by atoms with Crippen molar-refractivity contribution >= 4 is 17.9 Å². The summed E-state index contributed by atoms with van der Waals surface area (Å²) in [7, 11) is 5.97. The van der Waals surface area contributed by atoms with E-state index in [9.17, 15) is 19.5 Å². The molecule has 0 spiro atoms. The van der Waals surface area contributed by atoms with Crippen molar-refractivity contribution in [3.8, 4) is 0 Å². The van der Waals surface area contributed by atoms with Gasteiger partial charge in [-0.25, -0.2) is 4.79 Å². The fraction of sp³-hybridized carbons (Fsp3) is 0.640. The SMILES string of the molecule is CC/C=C\C/C=C\C/C=C\C/C=C\C/C=C\C/C=C\C/C=C\C/C=C\CCCCCCCCCCCCCCCCCCC(=O)OC(COC(=O)CCCCCCCCCCCC/C=C\C/C=C\C/C=C\C/C=C\C/C=C\C/C=C\CC)COC(OCC[N+](C)(C)C)C(=O)O. The van der Waals surface area contributed by atoms with E-state index in [0.29, 0.717) is 17.4 Å². The molecule has 0 amide bonds. The molecule has 2 atom stereocenters. The molecule has 0 aromatic carbocycles. The van der Waals surface area contributed by atoms with Crippen LogP contribution < -0.4 is 0 Å². The van der Waals surface area contributed by atoms with Gasteiger partial charge in [0.1, 0.15) is 13.2 Å². The van der Waals surface area contributed by atoms with E-state index in [1.807, 2.05) is 21.1 Å². The van der Waals surface area contributed by atoms with Crippen molar-refractivity contribution in [2.45, 2.75) is 309 Å². The summed E-state index contributed by atoms with van der Waals surface area (Å²) in [4.78, 5) is 37.7. The van der Waals surface area contributed by atoms with Gasteiger partial charge >= 0.3 is 17.9 Å². The maximum absolute atomic E-state index is 13.0. The monoisotopic (exact) mass is 1320 g/mol. The molecule has 9 heteroatoms. The van der Waals surface area contributed by atoms with Crippen molar-refractivity contribution < 1.29 is 42.9 Å². The fourth-order valence-electron chi connectivity index (χ4n) is 10.2. The molecule has 538 valence electrons. The van der Waals surface area contributed by atoms with Crippen LogP contribution in [0.15, 0.2) is 170 Å². The lowest BCUT2D eigenvalue weighted by atomic mass is 10.0. The minimum Gasteiger partial charge on any atom is -0.477 e. The summed E-state index contributed by atoms with van der Waals surface area (Å²) in [5.74, 6) is -2.01. The first kappa shape index (κ1) is 89.6. The minimum absolute atomic E-state index is 0.180. The van der Waals surface area contributed by atoms with E-state index in [0.717, 1.165) is 135 Å². The molecule has 0 aliphatic rings. The van der Waals surface area contributed by atoms with Crippen LogP contribution in [0, 0.1) is 0 Å². The average molecular weight is 1320 g/mol. The summed E-state index contributed by atoms with van der Waals surface area (Å²) < 4.78 is 23.0. The molecule has 0 aliphatic carbocycles. The van der Waals surface area contributed by atoms with Crippen molar-refractivity contribution in [3.63, 3.8) is 0 Å². The minimum atomic E-state index is -1.52. The lowest BCUT2D eigenvalue weighted by Gasteiger charge is -2.25. The third-order valence-electron chi connectivity index (χ3n) is 16.0. The number of esters is 2. The Hall–Kier alpha value is -5.35. The number of allylic oxidation sites excluding steroid dienone is 28. The fourth-order valence-corrected chi connectivity index (χ4v) is 10.2. The number of hydrogen-bond donors (Lipinski definition) is 1. The molecule has 2 unspecified atom stereocenters. The number of carbonyl (C=O) groups excluding carboxylic acids is 2. The van der Waals surface area contributed by atoms with Crippen molar-refractivity contribution in [2.75, 3.05) is 47.5 Å². The zero-order valence-corrected chi connectivity index (χ0v) is 61.5. The number of aliphatic carboxylic acids is 1. The average Bonchev–Trinajstić information content (AvgIpc) is 3.54. The van der Waals surface area contributed by atoms with Gasteiger partial charge in [-0.15, -0.1) is 0 Å². The van der Waals surface area contributed by atoms with Crippen molar-refractivity contribution in [3.05, 3.63) is 170 Å². The van der Waals surface area contributed by atoms with Crippen LogP contribution in [0.5, 0.6) is 0 Å². The number of unbranched alkanes of at least 4 members (excludes halogenated alkanes) is 26. The van der Waals surface area contributed by atoms with Crippen molar-refractivity contribution in [2.24, 2.45) is 0 Å². The van der Waals surface area contributed by atoms with E-state index >= 15 is 0 Å². The largest absolute Gasteiger partial charge is 0.477 e. The summed E-state index contributed by atoms with van der Waals surface area (Å²) in [5, 5.41) is 9.77. The number of rotatable bonds is 69. The molecule has 0 rings (SSSR count). The molecule has 0 saturated carbocycles. The standard InChI is InChI=1S/C86H141NO8/c1-6-8-10-12-14-16-18-20-22-24-26-28-30-32-34-36-37-38-39-40-41-42-43-44-45-46-47-49-51-53-55-57-59-61-63-65-67-69-71-73-75-77-84(89)95-82(81-94-86(85(90)91)92-79-78-87(3,4)5)80-93-83(88)76-74-72-70-68-66-64-62-60-58-56-54-52-50-48-35-33-31-29-27-25-23-21-19-17-15-13-11-9-7-2/h8-11,14-17,20-23,26-29,32-35,37-38,40-41,43-44,50,52,82,86H,6-7,12-13,18-19,24-25,30-31,36,39,42,45-49,51,53-81H2,1-5H3/p+1/b10-8-,11-9-,16-14-,17-15-,22-20-,23-21-,28-26-,29-27-,34-32-,35-33-,38-37-,41-40-,44-43-,52-50-. The first-order chi connectivity index (χ1) is 46.6. The molecule has 0 aromatic heterocycles. The number of hydrogen-bond acceptors (Lipinski definition) is 7. The molecular formula is C86H142NO8+. The molecule has 0 bridgehead atoms. The van der Waals surface area contributed by atoms with Gasteiger partial charge in [0.25, 0.3) is 6.29 Å². The number of likely N-dealkylation sites (N-methyl/N-ethyl adjacent to an activating group) is 1. The van der Waals surface area contributed by atoms with Gasteiger partial charge in [-0.1, -0.05) is 325 Å². The Balaban J connectivity index is 4.09. The molecule has 1 N–H and O–H groups in total. The van der Waals surface area contributed by atoms with Crippen LogP contribution in [-0.2, 0) is 33.3 Å². The van der Waals surface area contributed by atoms with Gasteiger partial charge in [0.05, 0.1) is 34.4 Å². The summed E-state index contributed by atoms with van der Waals surface area (Å²) >= 11 is 0. The lowest BCUT2D eigenvalue weighted by molar-refractivity contribution is -0.870. The Morgan fingerprint density at radius 1 is 0.316 bits per heavy atom. The van der Waals surface area contributed by atoms with Crippen molar-refractivity contribution in [1.82, 2.24) is 0 Å². The highest BCUT2D eigenvalue weighted by Gasteiger charge is 2.25. The highest BCUT2D eigenvalue weighted by atomic mass is 16.7. The topological polar surface area (TPSA) is 108 Å². The van der Waals surface area contributed by atoms with Crippen LogP contribution >= 0.6 is 0 Å². The van der Waals surface area contributed by atoms with E-state index in [-0.39, 0.29) is 38.6 Å². The third kappa shape index (κ3) is 75.9. The van der Waals surface area contributed by atoms with Crippen LogP contribution in [0.1, 0.15) is 296 Å². The molecule has 0 aliphatic heterocycles. The Kier molecular flexibility index (Phi) is 70.2. The van der Waals surface area contributed by atoms with Gasteiger partial charge < -0.3 is 28.5 Å². The van der Waals surface area contributed by atoms with Gasteiger partial charge in [0, 0.05) is 12.8 Å². The summed E-state index contributed by atoms with van der Waals surface area (Å²) in [6.07, 6.45) is 109. The Morgan fingerprint density at radius 2 is 0.568 bits per heavy atom. The second-order valence-corrected chi connectivity index (χ2v) is 26.2. The molecule has 0 aromatic rings. The van der Waals surface area contributed by atoms with E-state index in [1.54, 1.807) is 0 Å². The van der Waals surface area contributed by atoms with Gasteiger partial charge in [0.2, 0.25) is 0 Å². The van der Waals surface area contributed by atoms with Crippen LogP contribution in [0.2, 0.25) is 0 Å². The van der Waals surface area contributed by atoms with Crippen LogP contribution in [0.3, 0.4) is 0 Å². The smallest absolute Gasteiger partial charge is 0.361 e. The molecular weight excluding hydrogens is 1170 g/mol. The Bertz CT molecular complexity index is 2170. The quantitative estimate of drug-likeness (QED) is 0.0211. The zero-order valence-electron chi connectivity index (χ0n) is 61.5. The summed E-state index contributed by atoms with van der Waals surface area (Å²) in [5.41, 5.74) is 0. The summed E-state index contributed by atoms with van der Waals surface area (Å²) in [6, 6.07) is 0. The van der Waals surface area contributed by atoms with Crippen LogP contribution in [0.25, 0.3) is 0 Å². The van der Waals surface area contributed by atoms with Crippen LogP contribution in [-0.4, -0.2) is 87.4 Å². The molecule has 0 heterocycles. The second kappa shape index (κ2) is 74.4.